The van der Waals surface area contributed by atoms with Gasteiger partial charge in [-0.25, -0.2) is 5.48 Å². The minimum Gasteiger partial charge on any atom is -0.289 e. The molecule has 1 amide bonds. The van der Waals surface area contributed by atoms with Gasteiger partial charge in [0.2, 0.25) is 5.91 Å². The summed E-state index contributed by atoms with van der Waals surface area (Å²) in [5, 5.41) is 19.0. The number of carbonyl (C=O) groups excluding carboxylic acids is 1. The molecule has 0 saturated heterocycles. The summed E-state index contributed by atoms with van der Waals surface area (Å²) in [5.74, 6) is -0.322. The first-order valence-corrected chi connectivity index (χ1v) is 9.49. The predicted molar refractivity (Wildman–Crippen MR) is 103 cm³/mol. The minimum atomic E-state index is -0.322. The van der Waals surface area contributed by atoms with Gasteiger partial charge in [0, 0.05) is 17.5 Å². The van der Waals surface area contributed by atoms with Crippen molar-refractivity contribution in [1.29, 1.82) is 0 Å². The van der Waals surface area contributed by atoms with Crippen LogP contribution < -0.4 is 5.48 Å². The quantitative estimate of drug-likeness (QED) is 0.350. The second-order valence-electron chi connectivity index (χ2n) is 6.07. The molecule has 26 heavy (non-hydrogen) atoms. The summed E-state index contributed by atoms with van der Waals surface area (Å²) in [6.07, 6.45) is 4.06. The molecule has 0 unspecified atom stereocenters. The zero-order chi connectivity index (χ0) is 18.2. The number of hydroxylamine groups is 1. The summed E-state index contributed by atoms with van der Waals surface area (Å²) in [4.78, 5) is 11.0. The third-order valence-corrected chi connectivity index (χ3v) is 5.14. The lowest BCUT2D eigenvalue weighted by molar-refractivity contribution is -0.129. The van der Waals surface area contributed by atoms with Crippen LogP contribution in [0.5, 0.6) is 0 Å². The van der Waals surface area contributed by atoms with Crippen LogP contribution in [0.2, 0.25) is 0 Å². The minimum absolute atomic E-state index is 0.322. The Kier molecular flexibility index (Phi) is 6.46. The van der Waals surface area contributed by atoms with E-state index in [1.54, 1.807) is 16.8 Å². The first-order valence-electron chi connectivity index (χ1n) is 8.67. The molecule has 134 valence electrons. The molecule has 0 aliphatic rings. The van der Waals surface area contributed by atoms with E-state index in [2.05, 4.69) is 28.4 Å². The van der Waals surface area contributed by atoms with Gasteiger partial charge in [-0.3, -0.25) is 10.0 Å². The highest BCUT2D eigenvalue weighted by Crippen LogP contribution is 2.30. The molecule has 0 aliphatic heterocycles. The van der Waals surface area contributed by atoms with Gasteiger partial charge in [-0.2, -0.15) is 0 Å². The average molecular weight is 367 g/mol. The highest BCUT2D eigenvalue weighted by molar-refractivity contribution is 7.17. The number of hydrogen-bond donors (Lipinski definition) is 2. The number of aryl methyl sites for hydroxylation is 1. The summed E-state index contributed by atoms with van der Waals surface area (Å²) in [7, 11) is 0. The molecule has 1 heterocycles. The third kappa shape index (κ3) is 4.97. The van der Waals surface area contributed by atoms with E-state index in [0.29, 0.717) is 6.42 Å². The second-order valence-corrected chi connectivity index (χ2v) is 7.05. The van der Waals surface area contributed by atoms with Crippen molar-refractivity contribution in [2.75, 3.05) is 0 Å². The van der Waals surface area contributed by atoms with E-state index >= 15 is 0 Å². The van der Waals surface area contributed by atoms with Gasteiger partial charge in [0.15, 0.2) is 0 Å². The Balaban J connectivity index is 1.59. The molecule has 3 rings (SSSR count). The second kappa shape index (κ2) is 9.22. The Labute approximate surface area is 156 Å². The maximum absolute atomic E-state index is 11.0. The lowest BCUT2D eigenvalue weighted by atomic mass is 10.0. The fourth-order valence-corrected chi connectivity index (χ4v) is 3.59. The lowest BCUT2D eigenvalue weighted by Gasteiger charge is -2.03. The standard InChI is InChI=1S/C20H21N3O2S/c24-18(23-25)13-6-1-3-8-15-9-7-12-17(14-15)20-22-21-19(26-20)16-10-4-2-5-11-16/h2,4-5,7,9-12,14,25H,1,3,6,8,13H2,(H,23,24). The molecule has 0 atom stereocenters. The van der Waals surface area contributed by atoms with Crippen molar-refractivity contribution in [3.05, 3.63) is 60.2 Å². The van der Waals surface area contributed by atoms with Crippen LogP contribution in [0, 0.1) is 0 Å². The van der Waals surface area contributed by atoms with Crippen molar-refractivity contribution >= 4 is 17.2 Å². The van der Waals surface area contributed by atoms with E-state index in [1.165, 1.54) is 5.56 Å². The molecule has 0 saturated carbocycles. The first kappa shape index (κ1) is 18.2. The predicted octanol–water partition coefficient (Wildman–Crippen LogP) is 4.48. The van der Waals surface area contributed by atoms with E-state index < -0.39 is 0 Å². The summed E-state index contributed by atoms with van der Waals surface area (Å²) in [6.45, 7) is 0. The monoisotopic (exact) mass is 367 g/mol. The number of aromatic nitrogens is 2. The number of amides is 1. The van der Waals surface area contributed by atoms with Crippen molar-refractivity contribution in [1.82, 2.24) is 15.7 Å². The molecule has 0 fully saturated rings. The van der Waals surface area contributed by atoms with E-state index in [9.17, 15) is 4.79 Å². The SMILES string of the molecule is O=C(CCCCCc1cccc(-c2nnc(-c3ccccc3)s2)c1)NO. The Morgan fingerprint density at radius 2 is 1.65 bits per heavy atom. The molecule has 0 spiro atoms. The van der Waals surface area contributed by atoms with Crippen LogP contribution in [0.1, 0.15) is 31.2 Å². The van der Waals surface area contributed by atoms with Gasteiger partial charge in [0.05, 0.1) is 0 Å². The van der Waals surface area contributed by atoms with Crippen LogP contribution in [0.15, 0.2) is 54.6 Å². The Hall–Kier alpha value is -2.57. The molecule has 6 heteroatoms. The molecular weight excluding hydrogens is 346 g/mol. The molecule has 0 bridgehead atoms. The van der Waals surface area contributed by atoms with Crippen LogP contribution in [0.4, 0.5) is 0 Å². The van der Waals surface area contributed by atoms with Crippen molar-refractivity contribution in [2.24, 2.45) is 0 Å². The number of nitrogens with zero attached hydrogens (tertiary/aromatic N) is 2. The van der Waals surface area contributed by atoms with Crippen LogP contribution in [-0.4, -0.2) is 21.3 Å². The molecule has 1 aromatic heterocycles. The van der Waals surface area contributed by atoms with Gasteiger partial charge in [-0.1, -0.05) is 66.3 Å². The van der Waals surface area contributed by atoms with E-state index in [0.717, 1.165) is 46.8 Å². The van der Waals surface area contributed by atoms with Crippen molar-refractivity contribution < 1.29 is 10.0 Å². The van der Waals surface area contributed by atoms with Gasteiger partial charge in [0.25, 0.3) is 0 Å². The largest absolute Gasteiger partial charge is 0.289 e. The Bertz CT molecular complexity index is 849. The van der Waals surface area contributed by atoms with E-state index in [4.69, 9.17) is 5.21 Å². The average Bonchev–Trinajstić information content (AvgIpc) is 3.19. The highest BCUT2D eigenvalue weighted by atomic mass is 32.1. The Morgan fingerprint density at radius 1 is 0.923 bits per heavy atom. The normalized spacial score (nSPS) is 10.7. The lowest BCUT2D eigenvalue weighted by Crippen LogP contribution is -2.17. The van der Waals surface area contributed by atoms with E-state index in [-0.39, 0.29) is 5.91 Å². The molecule has 2 N–H and O–H groups in total. The number of hydrogen-bond acceptors (Lipinski definition) is 5. The van der Waals surface area contributed by atoms with Crippen LogP contribution >= 0.6 is 11.3 Å². The maximum atomic E-state index is 11.0. The number of nitrogens with one attached hydrogen (secondary N) is 1. The molecule has 2 aromatic carbocycles. The molecule has 5 nitrogen and oxygen atoms in total. The van der Waals surface area contributed by atoms with Gasteiger partial charge >= 0.3 is 0 Å². The van der Waals surface area contributed by atoms with Crippen molar-refractivity contribution in [2.45, 2.75) is 32.1 Å². The number of carbonyl (C=O) groups is 1. The Morgan fingerprint density at radius 3 is 2.42 bits per heavy atom. The van der Waals surface area contributed by atoms with Gasteiger partial charge in [-0.15, -0.1) is 10.2 Å². The summed E-state index contributed by atoms with van der Waals surface area (Å²) in [5.41, 5.74) is 5.09. The number of rotatable bonds is 8. The third-order valence-electron chi connectivity index (χ3n) is 4.11. The fourth-order valence-electron chi connectivity index (χ4n) is 2.74. The van der Waals surface area contributed by atoms with Crippen molar-refractivity contribution in [3.8, 4) is 21.1 Å². The highest BCUT2D eigenvalue weighted by Gasteiger charge is 2.09. The van der Waals surface area contributed by atoms with E-state index in [1.807, 2.05) is 36.4 Å². The zero-order valence-corrected chi connectivity index (χ0v) is 15.2. The maximum Gasteiger partial charge on any atom is 0.243 e. The number of unbranched alkanes of at least 4 members (excludes halogenated alkanes) is 2. The summed E-state index contributed by atoms with van der Waals surface area (Å²) < 4.78 is 0. The topological polar surface area (TPSA) is 75.1 Å². The van der Waals surface area contributed by atoms with Crippen LogP contribution in [0.25, 0.3) is 21.1 Å². The molecule has 0 aliphatic carbocycles. The summed E-state index contributed by atoms with van der Waals surface area (Å²) in [6, 6.07) is 18.5. The first-order chi connectivity index (χ1) is 12.8. The fraction of sp³-hybridized carbons (Fsp3) is 0.250. The van der Waals surface area contributed by atoms with Crippen molar-refractivity contribution in [3.63, 3.8) is 0 Å². The van der Waals surface area contributed by atoms with Gasteiger partial charge < -0.3 is 0 Å². The zero-order valence-electron chi connectivity index (χ0n) is 14.4. The smallest absolute Gasteiger partial charge is 0.243 e. The van der Waals surface area contributed by atoms with Gasteiger partial charge in [-0.05, 0) is 30.9 Å². The van der Waals surface area contributed by atoms with Gasteiger partial charge in [0.1, 0.15) is 10.0 Å². The van der Waals surface area contributed by atoms with Crippen LogP contribution in [0.3, 0.4) is 0 Å². The summed E-state index contributed by atoms with van der Waals surface area (Å²) >= 11 is 1.60. The molecular formula is C20H21N3O2S. The molecule has 0 radical (unpaired) electrons. The molecule has 3 aromatic rings. The van der Waals surface area contributed by atoms with Crippen LogP contribution in [-0.2, 0) is 11.2 Å². The number of benzene rings is 2.